The van der Waals surface area contributed by atoms with Crippen LogP contribution in [0, 0.1) is 11.6 Å². The highest BCUT2D eigenvalue weighted by Crippen LogP contribution is 2.24. The molecule has 0 radical (unpaired) electrons. The number of hydrogen-bond donors (Lipinski definition) is 0. The summed E-state index contributed by atoms with van der Waals surface area (Å²) in [6, 6.07) is 9.27. The largest absolute Gasteiger partial charge is 0.310 e. The van der Waals surface area contributed by atoms with Gasteiger partial charge in [-0.25, -0.2) is 8.78 Å². The van der Waals surface area contributed by atoms with Gasteiger partial charge in [0.2, 0.25) is 0 Å². The number of nitrogens with zero attached hydrogens (tertiary/aromatic N) is 2. The summed E-state index contributed by atoms with van der Waals surface area (Å²) in [6.07, 6.45) is 1.58. The first-order valence-electron chi connectivity index (χ1n) is 8.34. The summed E-state index contributed by atoms with van der Waals surface area (Å²) in [5.41, 5.74) is 0.661. The molecule has 0 saturated carbocycles. The molecule has 0 unspecified atom stereocenters. The van der Waals surface area contributed by atoms with E-state index in [2.05, 4.69) is 25.4 Å². The van der Waals surface area contributed by atoms with Crippen LogP contribution in [0.5, 0.6) is 0 Å². The van der Waals surface area contributed by atoms with Crippen LogP contribution in [0.25, 0.3) is 10.2 Å². The number of allylic oxidation sites excluding steroid dienone is 1. The molecule has 3 aromatic rings. The highest BCUT2D eigenvalue weighted by atomic mass is 32.2. The predicted octanol–water partition coefficient (Wildman–Crippen LogP) is 5.41. The van der Waals surface area contributed by atoms with Crippen molar-refractivity contribution in [3.63, 3.8) is 0 Å². The molecule has 3 nitrogen and oxygen atoms in total. The van der Waals surface area contributed by atoms with Crippen LogP contribution in [0.15, 0.2) is 58.9 Å². The third-order valence-corrected chi connectivity index (χ3v) is 5.72. The molecule has 0 spiro atoms. The molecule has 0 fully saturated rings. The minimum absolute atomic E-state index is 0.219. The van der Waals surface area contributed by atoms with Crippen molar-refractivity contribution in [2.24, 2.45) is 4.99 Å². The molecule has 1 aromatic heterocycles. The van der Waals surface area contributed by atoms with Gasteiger partial charge in [-0.1, -0.05) is 31.3 Å². The van der Waals surface area contributed by atoms with Gasteiger partial charge in [-0.2, -0.15) is 4.99 Å². The number of thiazole rings is 1. The Balaban J connectivity index is 2.04. The average molecular weight is 405 g/mol. The number of aromatic nitrogens is 1. The van der Waals surface area contributed by atoms with Crippen molar-refractivity contribution < 1.29 is 13.6 Å². The normalized spacial score (nSPS) is 12.1. The standard InChI is InChI=1S/C20H18F2N2OS2/c1-4-9-24-18-16(22)10-14(21)11-17(18)27-20(24)23-19(25)13-5-7-15(8-6-13)26-12(2)3/h4-8,10-12H,1,9H2,2-3H3. The monoisotopic (exact) mass is 404 g/mol. The highest BCUT2D eigenvalue weighted by molar-refractivity contribution is 7.99. The summed E-state index contributed by atoms with van der Waals surface area (Å²) in [5.74, 6) is -1.78. The molecule has 1 amide bonds. The number of benzene rings is 2. The lowest BCUT2D eigenvalue weighted by Gasteiger charge is -2.05. The Labute approximate surface area is 164 Å². The van der Waals surface area contributed by atoms with Crippen LogP contribution >= 0.6 is 23.1 Å². The number of amides is 1. The summed E-state index contributed by atoms with van der Waals surface area (Å²) in [6.45, 7) is 8.12. The molecule has 0 aliphatic heterocycles. The molecule has 7 heteroatoms. The van der Waals surface area contributed by atoms with E-state index in [1.165, 1.54) is 10.6 Å². The maximum atomic E-state index is 14.2. The number of thioether (sulfide) groups is 1. The molecule has 3 rings (SSSR count). The number of halogens is 2. The van der Waals surface area contributed by atoms with Crippen LogP contribution in [0.1, 0.15) is 24.2 Å². The van der Waals surface area contributed by atoms with Gasteiger partial charge in [0.1, 0.15) is 5.82 Å². The molecular formula is C20H18F2N2OS2. The third-order valence-electron chi connectivity index (χ3n) is 3.68. The molecule has 0 aliphatic rings. The Morgan fingerprint density at radius 3 is 2.63 bits per heavy atom. The summed E-state index contributed by atoms with van der Waals surface area (Å²) in [7, 11) is 0. The maximum absolute atomic E-state index is 14.2. The zero-order valence-electron chi connectivity index (χ0n) is 14.9. The molecule has 0 bridgehead atoms. The minimum Gasteiger partial charge on any atom is -0.310 e. The van der Waals surface area contributed by atoms with Crippen molar-refractivity contribution in [2.75, 3.05) is 0 Å². The van der Waals surface area contributed by atoms with Gasteiger partial charge in [-0.15, -0.1) is 18.3 Å². The zero-order valence-corrected chi connectivity index (χ0v) is 16.5. The molecule has 0 saturated heterocycles. The Bertz CT molecular complexity index is 1070. The van der Waals surface area contributed by atoms with E-state index in [4.69, 9.17) is 0 Å². The van der Waals surface area contributed by atoms with Gasteiger partial charge < -0.3 is 4.57 Å². The Kier molecular flexibility index (Phi) is 5.92. The molecule has 140 valence electrons. The minimum atomic E-state index is -0.688. The Morgan fingerprint density at radius 1 is 1.30 bits per heavy atom. The number of carbonyl (C=O) groups is 1. The number of rotatable bonds is 5. The van der Waals surface area contributed by atoms with E-state index in [1.807, 2.05) is 12.1 Å². The first-order valence-corrected chi connectivity index (χ1v) is 10.0. The maximum Gasteiger partial charge on any atom is 0.279 e. The molecule has 0 aliphatic carbocycles. The van der Waals surface area contributed by atoms with Crippen LogP contribution < -0.4 is 4.80 Å². The lowest BCUT2D eigenvalue weighted by atomic mass is 10.2. The fraction of sp³-hybridized carbons (Fsp3) is 0.200. The molecule has 1 heterocycles. The summed E-state index contributed by atoms with van der Waals surface area (Å²) in [4.78, 5) is 18.1. The first-order chi connectivity index (χ1) is 12.9. The van der Waals surface area contributed by atoms with Crippen molar-refractivity contribution in [1.82, 2.24) is 4.57 Å². The topological polar surface area (TPSA) is 34.4 Å². The van der Waals surface area contributed by atoms with Gasteiger partial charge in [0.05, 0.1) is 10.2 Å². The van der Waals surface area contributed by atoms with E-state index >= 15 is 0 Å². The van der Waals surface area contributed by atoms with Crippen LogP contribution in [-0.4, -0.2) is 15.7 Å². The second-order valence-corrected chi connectivity index (χ2v) is 8.79. The summed E-state index contributed by atoms with van der Waals surface area (Å²) >= 11 is 2.78. The molecule has 0 N–H and O–H groups in total. The SMILES string of the molecule is C=CCn1c(=NC(=O)c2ccc(SC(C)C)cc2)sc2cc(F)cc(F)c21. The third kappa shape index (κ3) is 4.36. The van der Waals surface area contributed by atoms with E-state index in [0.717, 1.165) is 22.3 Å². The predicted molar refractivity (Wildman–Crippen MR) is 107 cm³/mol. The fourth-order valence-corrected chi connectivity index (χ4v) is 4.53. The van der Waals surface area contributed by atoms with Gasteiger partial charge >= 0.3 is 0 Å². The van der Waals surface area contributed by atoms with Crippen molar-refractivity contribution in [1.29, 1.82) is 0 Å². The lowest BCUT2D eigenvalue weighted by Crippen LogP contribution is -2.16. The molecular weight excluding hydrogens is 386 g/mol. The summed E-state index contributed by atoms with van der Waals surface area (Å²) in [5, 5.41) is 0.447. The van der Waals surface area contributed by atoms with Gasteiger partial charge in [0, 0.05) is 28.3 Å². The Morgan fingerprint density at radius 2 is 2.00 bits per heavy atom. The second kappa shape index (κ2) is 8.19. The highest BCUT2D eigenvalue weighted by Gasteiger charge is 2.14. The smallest absolute Gasteiger partial charge is 0.279 e. The number of carbonyl (C=O) groups excluding carboxylic acids is 1. The zero-order chi connectivity index (χ0) is 19.6. The van der Waals surface area contributed by atoms with E-state index in [1.54, 1.807) is 30.0 Å². The first kappa shape index (κ1) is 19.5. The Hall–Kier alpha value is -2.25. The summed E-state index contributed by atoms with van der Waals surface area (Å²) < 4.78 is 29.7. The fourth-order valence-electron chi connectivity index (χ4n) is 2.61. The quantitative estimate of drug-likeness (QED) is 0.421. The van der Waals surface area contributed by atoms with Crippen molar-refractivity contribution in [3.05, 3.63) is 71.1 Å². The van der Waals surface area contributed by atoms with Crippen molar-refractivity contribution in [3.8, 4) is 0 Å². The van der Waals surface area contributed by atoms with Crippen molar-refractivity contribution >= 4 is 39.2 Å². The van der Waals surface area contributed by atoms with Crippen molar-refractivity contribution in [2.45, 2.75) is 30.5 Å². The van der Waals surface area contributed by atoms with E-state index in [0.29, 0.717) is 20.3 Å². The van der Waals surface area contributed by atoms with E-state index in [-0.39, 0.29) is 12.1 Å². The van der Waals surface area contributed by atoms with Gasteiger partial charge in [-0.05, 0) is 30.3 Å². The molecule has 2 aromatic carbocycles. The van der Waals surface area contributed by atoms with Gasteiger partial charge in [0.15, 0.2) is 10.6 Å². The van der Waals surface area contributed by atoms with Crippen LogP contribution in [0.3, 0.4) is 0 Å². The van der Waals surface area contributed by atoms with Gasteiger partial charge in [0.25, 0.3) is 5.91 Å². The van der Waals surface area contributed by atoms with E-state index < -0.39 is 17.5 Å². The lowest BCUT2D eigenvalue weighted by molar-refractivity contribution is 0.0998. The van der Waals surface area contributed by atoms with Crippen LogP contribution in [0.4, 0.5) is 8.78 Å². The average Bonchev–Trinajstić information content (AvgIpc) is 2.92. The van der Waals surface area contributed by atoms with Crippen LogP contribution in [0.2, 0.25) is 0 Å². The number of fused-ring (bicyclic) bond motifs is 1. The van der Waals surface area contributed by atoms with Crippen LogP contribution in [-0.2, 0) is 6.54 Å². The second-order valence-electron chi connectivity index (χ2n) is 6.13. The number of hydrogen-bond acceptors (Lipinski definition) is 3. The van der Waals surface area contributed by atoms with Gasteiger partial charge in [-0.3, -0.25) is 4.79 Å². The molecule has 0 atom stereocenters. The van der Waals surface area contributed by atoms with E-state index in [9.17, 15) is 13.6 Å². The molecule has 27 heavy (non-hydrogen) atoms.